The number of piperidine rings is 1. The van der Waals surface area contributed by atoms with Crippen LogP contribution in [-0.2, 0) is 9.59 Å². The van der Waals surface area contributed by atoms with E-state index in [1.165, 1.54) is 0 Å². The Morgan fingerprint density at radius 1 is 1.04 bits per heavy atom. The Kier molecular flexibility index (Phi) is 5.46. The van der Waals surface area contributed by atoms with Gasteiger partial charge in [-0.1, -0.05) is 42.5 Å². The maximum Gasteiger partial charge on any atom is 0.238 e. The topological polar surface area (TPSA) is 75.4 Å². The summed E-state index contributed by atoms with van der Waals surface area (Å²) in [6, 6.07) is 17.9. The third-order valence-electron chi connectivity index (χ3n) is 4.55. The Hall–Kier alpha value is -2.66. The minimum atomic E-state index is -0.276. The van der Waals surface area contributed by atoms with E-state index in [0.29, 0.717) is 6.54 Å². The van der Waals surface area contributed by atoms with Crippen LogP contribution in [0.1, 0.15) is 12.8 Å². The smallest absolute Gasteiger partial charge is 0.238 e. The summed E-state index contributed by atoms with van der Waals surface area (Å²) in [6.07, 6.45) is 1.71. The molecule has 0 spiro atoms. The number of benzene rings is 2. The molecule has 0 radical (unpaired) electrons. The fourth-order valence-corrected chi connectivity index (χ4v) is 3.21. The second kappa shape index (κ2) is 7.94. The van der Waals surface area contributed by atoms with Gasteiger partial charge in [-0.05, 0) is 42.6 Å². The summed E-state index contributed by atoms with van der Waals surface area (Å²) in [5.41, 5.74) is 8.41. The normalized spacial score (nSPS) is 17.8. The van der Waals surface area contributed by atoms with Crippen molar-refractivity contribution < 1.29 is 9.59 Å². The van der Waals surface area contributed by atoms with Crippen LogP contribution in [-0.4, -0.2) is 36.3 Å². The van der Waals surface area contributed by atoms with Gasteiger partial charge in [-0.15, -0.1) is 0 Å². The lowest BCUT2D eigenvalue weighted by Gasteiger charge is -2.30. The summed E-state index contributed by atoms with van der Waals surface area (Å²) in [7, 11) is 0. The zero-order chi connectivity index (χ0) is 17.6. The highest BCUT2D eigenvalue weighted by molar-refractivity contribution is 5.92. The second-order valence-corrected chi connectivity index (χ2v) is 6.47. The summed E-state index contributed by atoms with van der Waals surface area (Å²) < 4.78 is 0. The molecule has 5 heteroatoms. The van der Waals surface area contributed by atoms with Gasteiger partial charge < -0.3 is 11.1 Å². The third-order valence-corrected chi connectivity index (χ3v) is 4.55. The van der Waals surface area contributed by atoms with Gasteiger partial charge >= 0.3 is 0 Å². The predicted molar refractivity (Wildman–Crippen MR) is 98.9 cm³/mol. The van der Waals surface area contributed by atoms with Gasteiger partial charge in [0.1, 0.15) is 0 Å². The molecule has 1 saturated heterocycles. The second-order valence-electron chi connectivity index (χ2n) is 6.47. The number of carbonyl (C=O) groups is 2. The van der Waals surface area contributed by atoms with Crippen molar-refractivity contribution in [3.63, 3.8) is 0 Å². The fraction of sp³-hybridized carbons (Fsp3) is 0.300. The Bertz CT molecular complexity index is 728. The summed E-state index contributed by atoms with van der Waals surface area (Å²) in [5.74, 6) is -0.495. The van der Waals surface area contributed by atoms with E-state index in [1.807, 2.05) is 47.4 Å². The predicted octanol–water partition coefficient (Wildman–Crippen LogP) is 2.49. The Morgan fingerprint density at radius 2 is 1.72 bits per heavy atom. The van der Waals surface area contributed by atoms with Crippen LogP contribution in [0.5, 0.6) is 0 Å². The molecule has 5 nitrogen and oxygen atoms in total. The maximum absolute atomic E-state index is 12.2. The summed E-state index contributed by atoms with van der Waals surface area (Å²) in [5, 5.41) is 2.92. The van der Waals surface area contributed by atoms with E-state index in [4.69, 9.17) is 5.73 Å². The van der Waals surface area contributed by atoms with Crippen molar-refractivity contribution in [1.29, 1.82) is 0 Å². The van der Waals surface area contributed by atoms with E-state index < -0.39 is 0 Å². The van der Waals surface area contributed by atoms with Crippen molar-refractivity contribution in [1.82, 2.24) is 4.90 Å². The van der Waals surface area contributed by atoms with Crippen molar-refractivity contribution in [2.45, 2.75) is 12.8 Å². The number of rotatable bonds is 5. The van der Waals surface area contributed by atoms with E-state index >= 15 is 0 Å². The summed E-state index contributed by atoms with van der Waals surface area (Å²) in [4.78, 5) is 25.6. The molecule has 2 aromatic carbocycles. The first-order valence-corrected chi connectivity index (χ1v) is 8.59. The average Bonchev–Trinajstić information content (AvgIpc) is 2.63. The van der Waals surface area contributed by atoms with Gasteiger partial charge in [-0.2, -0.15) is 0 Å². The summed E-state index contributed by atoms with van der Waals surface area (Å²) in [6.45, 7) is 1.67. The molecule has 3 rings (SSSR count). The lowest BCUT2D eigenvalue weighted by Crippen LogP contribution is -2.44. The Morgan fingerprint density at radius 3 is 2.40 bits per heavy atom. The molecule has 25 heavy (non-hydrogen) atoms. The zero-order valence-corrected chi connectivity index (χ0v) is 14.2. The van der Waals surface area contributed by atoms with Crippen molar-refractivity contribution in [3.8, 4) is 11.1 Å². The van der Waals surface area contributed by atoms with Crippen molar-refractivity contribution in [2.24, 2.45) is 11.7 Å². The average molecular weight is 337 g/mol. The molecule has 0 unspecified atom stereocenters. The molecule has 2 aromatic rings. The molecule has 2 amide bonds. The van der Waals surface area contributed by atoms with Crippen molar-refractivity contribution in [3.05, 3.63) is 54.6 Å². The van der Waals surface area contributed by atoms with E-state index in [1.54, 1.807) is 0 Å². The van der Waals surface area contributed by atoms with E-state index in [-0.39, 0.29) is 24.3 Å². The van der Waals surface area contributed by atoms with Crippen LogP contribution in [0.25, 0.3) is 11.1 Å². The minimum Gasteiger partial charge on any atom is -0.369 e. The van der Waals surface area contributed by atoms with Crippen molar-refractivity contribution in [2.75, 3.05) is 25.0 Å². The molecular formula is C20H23N3O2. The molecule has 130 valence electrons. The highest BCUT2D eigenvalue weighted by Gasteiger charge is 2.25. The molecule has 1 atom stereocenters. The molecule has 0 saturated carbocycles. The molecule has 3 N–H and O–H groups in total. The SMILES string of the molecule is NC(=O)[C@@H]1CCCN(CC(=O)Nc2ccc(-c3ccccc3)cc2)C1. The zero-order valence-electron chi connectivity index (χ0n) is 14.2. The quantitative estimate of drug-likeness (QED) is 0.880. The molecular weight excluding hydrogens is 314 g/mol. The molecule has 1 heterocycles. The van der Waals surface area contributed by atoms with Crippen LogP contribution in [0, 0.1) is 5.92 Å². The monoisotopic (exact) mass is 337 g/mol. The van der Waals surface area contributed by atoms with Crippen LogP contribution < -0.4 is 11.1 Å². The first kappa shape index (κ1) is 17.2. The first-order valence-electron chi connectivity index (χ1n) is 8.59. The number of hydrogen-bond acceptors (Lipinski definition) is 3. The fourth-order valence-electron chi connectivity index (χ4n) is 3.21. The van der Waals surface area contributed by atoms with Gasteiger partial charge in [0.05, 0.1) is 12.5 Å². The largest absolute Gasteiger partial charge is 0.369 e. The van der Waals surface area contributed by atoms with Gasteiger partial charge in [0.15, 0.2) is 0 Å². The Labute approximate surface area is 147 Å². The molecule has 1 fully saturated rings. The third kappa shape index (κ3) is 4.67. The van der Waals surface area contributed by atoms with E-state index in [9.17, 15) is 9.59 Å². The number of carbonyl (C=O) groups excluding carboxylic acids is 2. The molecule has 0 aliphatic carbocycles. The first-order chi connectivity index (χ1) is 12.1. The highest BCUT2D eigenvalue weighted by atomic mass is 16.2. The number of nitrogens with two attached hydrogens (primary N) is 1. The number of hydrogen-bond donors (Lipinski definition) is 2. The van der Waals surface area contributed by atoms with Crippen LogP contribution >= 0.6 is 0 Å². The standard InChI is InChI=1S/C20H23N3O2/c21-20(25)17-7-4-12-23(13-17)14-19(24)22-18-10-8-16(9-11-18)15-5-2-1-3-6-15/h1-3,5-6,8-11,17H,4,7,12-14H2,(H2,21,25)(H,22,24)/t17-/m1/s1. The number of amides is 2. The van der Waals surface area contributed by atoms with Crippen LogP contribution in [0.2, 0.25) is 0 Å². The van der Waals surface area contributed by atoms with Crippen LogP contribution in [0.4, 0.5) is 5.69 Å². The Balaban J connectivity index is 1.55. The number of primary amides is 1. The van der Waals surface area contributed by atoms with Crippen molar-refractivity contribution >= 4 is 17.5 Å². The number of nitrogens with one attached hydrogen (secondary N) is 1. The minimum absolute atomic E-state index is 0.0717. The summed E-state index contributed by atoms with van der Waals surface area (Å²) >= 11 is 0. The van der Waals surface area contributed by atoms with Gasteiger partial charge in [-0.25, -0.2) is 0 Å². The number of anilines is 1. The number of nitrogens with zero attached hydrogens (tertiary/aromatic N) is 1. The maximum atomic E-state index is 12.2. The van der Waals surface area contributed by atoms with Crippen LogP contribution in [0.3, 0.4) is 0 Å². The van der Waals surface area contributed by atoms with Crippen LogP contribution in [0.15, 0.2) is 54.6 Å². The highest BCUT2D eigenvalue weighted by Crippen LogP contribution is 2.21. The van der Waals surface area contributed by atoms with E-state index in [0.717, 1.165) is 36.2 Å². The molecule has 0 bridgehead atoms. The molecule has 1 aliphatic heterocycles. The van der Waals surface area contributed by atoms with Gasteiger partial charge in [-0.3, -0.25) is 14.5 Å². The van der Waals surface area contributed by atoms with Gasteiger partial charge in [0.2, 0.25) is 11.8 Å². The number of likely N-dealkylation sites (tertiary alicyclic amines) is 1. The van der Waals surface area contributed by atoms with Gasteiger partial charge in [0.25, 0.3) is 0 Å². The van der Waals surface area contributed by atoms with E-state index in [2.05, 4.69) is 17.4 Å². The van der Waals surface area contributed by atoms with Gasteiger partial charge in [0, 0.05) is 12.2 Å². The lowest BCUT2D eigenvalue weighted by atomic mass is 9.97. The lowest BCUT2D eigenvalue weighted by molar-refractivity contribution is -0.125. The molecule has 0 aromatic heterocycles. The molecule has 1 aliphatic rings.